The van der Waals surface area contributed by atoms with Crippen LogP contribution in [0.1, 0.15) is 27.4 Å². The molecule has 3 N–H and O–H groups in total. The van der Waals surface area contributed by atoms with E-state index in [1.165, 1.54) is 6.07 Å². The highest BCUT2D eigenvalue weighted by Crippen LogP contribution is 2.44. The van der Waals surface area contributed by atoms with Crippen LogP contribution >= 0.6 is 0 Å². The molecule has 0 atom stereocenters. The van der Waals surface area contributed by atoms with E-state index in [0.29, 0.717) is 0 Å². The molecule has 1 aliphatic rings. The summed E-state index contributed by atoms with van der Waals surface area (Å²) in [5.41, 5.74) is 4.39. The topological polar surface area (TPSA) is 114 Å². The summed E-state index contributed by atoms with van der Waals surface area (Å²) in [5, 5.41) is 13.5. The van der Waals surface area contributed by atoms with Crippen molar-refractivity contribution >= 4 is 23.7 Å². The summed E-state index contributed by atoms with van der Waals surface area (Å²) >= 11 is 0. The highest BCUT2D eigenvalue weighted by Gasteiger charge is 2.29. The van der Waals surface area contributed by atoms with Gasteiger partial charge in [0.2, 0.25) is 0 Å². The molecule has 35 heavy (non-hydrogen) atoms. The van der Waals surface area contributed by atoms with Crippen molar-refractivity contribution in [2.24, 2.45) is 0 Å². The van der Waals surface area contributed by atoms with Gasteiger partial charge in [0.05, 0.1) is 6.61 Å². The predicted molar refractivity (Wildman–Crippen MR) is 126 cm³/mol. The van der Waals surface area contributed by atoms with Crippen molar-refractivity contribution in [1.29, 1.82) is 0 Å². The van der Waals surface area contributed by atoms with Crippen LogP contribution in [-0.2, 0) is 14.3 Å². The third-order valence-corrected chi connectivity index (χ3v) is 5.51. The van der Waals surface area contributed by atoms with Crippen molar-refractivity contribution < 1.29 is 33.4 Å². The lowest BCUT2D eigenvalue weighted by Crippen LogP contribution is -2.28. The van der Waals surface area contributed by atoms with Crippen LogP contribution in [-0.4, -0.2) is 49.4 Å². The van der Waals surface area contributed by atoms with Crippen LogP contribution in [0.5, 0.6) is 0 Å². The van der Waals surface area contributed by atoms with Crippen molar-refractivity contribution in [3.8, 4) is 11.1 Å². The van der Waals surface area contributed by atoms with E-state index < -0.39 is 30.4 Å². The van der Waals surface area contributed by atoms with Crippen LogP contribution in [0.15, 0.2) is 66.7 Å². The Morgan fingerprint density at radius 3 is 2.26 bits per heavy atom. The van der Waals surface area contributed by atoms with E-state index in [2.05, 4.69) is 10.6 Å². The second kappa shape index (κ2) is 10.8. The summed E-state index contributed by atoms with van der Waals surface area (Å²) in [4.78, 5) is 35.1. The molecule has 4 rings (SSSR count). The number of carbonyl (C=O) groups is 3. The van der Waals surface area contributed by atoms with Crippen molar-refractivity contribution in [2.75, 3.05) is 31.7 Å². The fourth-order valence-corrected chi connectivity index (χ4v) is 4.04. The summed E-state index contributed by atoms with van der Waals surface area (Å²) < 4.78 is 24.4. The molecule has 0 saturated heterocycles. The second-order valence-electron chi connectivity index (χ2n) is 7.88. The Kier molecular flexibility index (Phi) is 7.37. The molecule has 0 aliphatic heterocycles. The zero-order chi connectivity index (χ0) is 24.8. The number of benzene rings is 3. The number of anilines is 1. The molecule has 0 aromatic heterocycles. The molecule has 2 amide bonds. The fraction of sp³-hybridized carbons (Fsp3) is 0.192. The zero-order valence-corrected chi connectivity index (χ0v) is 18.6. The quantitative estimate of drug-likeness (QED) is 0.401. The number of hydrogen-bond acceptors (Lipinski definition) is 5. The second-order valence-corrected chi connectivity index (χ2v) is 7.88. The molecule has 1 aliphatic carbocycles. The van der Waals surface area contributed by atoms with Gasteiger partial charge >= 0.3 is 12.1 Å². The van der Waals surface area contributed by atoms with Gasteiger partial charge in [0.15, 0.2) is 0 Å². The van der Waals surface area contributed by atoms with Gasteiger partial charge in [-0.05, 0) is 40.5 Å². The lowest BCUT2D eigenvalue weighted by molar-refractivity contribution is -0.142. The van der Waals surface area contributed by atoms with Crippen molar-refractivity contribution in [2.45, 2.75) is 5.92 Å². The van der Waals surface area contributed by atoms with Crippen LogP contribution < -0.4 is 10.6 Å². The van der Waals surface area contributed by atoms with E-state index >= 15 is 0 Å². The number of amides is 2. The van der Waals surface area contributed by atoms with E-state index in [-0.39, 0.29) is 36.9 Å². The van der Waals surface area contributed by atoms with Crippen LogP contribution in [0.25, 0.3) is 11.1 Å². The summed E-state index contributed by atoms with van der Waals surface area (Å²) in [6, 6.07) is 19.3. The first-order valence-electron chi connectivity index (χ1n) is 10.9. The number of hydrogen-bond donors (Lipinski definition) is 3. The largest absolute Gasteiger partial charge is 0.480 e. The maximum Gasteiger partial charge on any atom is 0.411 e. The Morgan fingerprint density at radius 2 is 1.60 bits per heavy atom. The maximum atomic E-state index is 14.1. The molecule has 180 valence electrons. The molecular formula is C26H23FN2O6. The Labute approximate surface area is 200 Å². The smallest absolute Gasteiger partial charge is 0.411 e. The summed E-state index contributed by atoms with van der Waals surface area (Å²) in [6.07, 6.45) is -0.772. The summed E-state index contributed by atoms with van der Waals surface area (Å²) in [7, 11) is 0. The van der Waals surface area contributed by atoms with Gasteiger partial charge in [-0.1, -0.05) is 48.5 Å². The zero-order valence-electron chi connectivity index (χ0n) is 18.6. The molecule has 3 aromatic carbocycles. The molecule has 8 nitrogen and oxygen atoms in total. The van der Waals surface area contributed by atoms with Gasteiger partial charge in [-0.25, -0.2) is 14.0 Å². The van der Waals surface area contributed by atoms with Gasteiger partial charge in [-0.2, -0.15) is 0 Å². The van der Waals surface area contributed by atoms with Crippen LogP contribution in [0.4, 0.5) is 14.9 Å². The fourth-order valence-electron chi connectivity index (χ4n) is 4.04. The molecule has 0 heterocycles. The van der Waals surface area contributed by atoms with E-state index in [1.807, 2.05) is 48.5 Å². The third-order valence-electron chi connectivity index (χ3n) is 5.51. The maximum absolute atomic E-state index is 14.1. The number of fused-ring (bicyclic) bond motifs is 3. The molecular weight excluding hydrogens is 455 g/mol. The van der Waals surface area contributed by atoms with Gasteiger partial charge < -0.3 is 19.9 Å². The average molecular weight is 478 g/mol. The van der Waals surface area contributed by atoms with E-state index in [4.69, 9.17) is 14.6 Å². The Balaban J connectivity index is 1.35. The van der Waals surface area contributed by atoms with Gasteiger partial charge in [0.1, 0.15) is 19.0 Å². The number of carboxylic acid groups (broad SMARTS) is 1. The number of carbonyl (C=O) groups excluding carboxylic acids is 2. The number of halogens is 1. The van der Waals surface area contributed by atoms with Crippen LogP contribution in [0, 0.1) is 5.82 Å². The highest BCUT2D eigenvalue weighted by molar-refractivity contribution is 5.96. The van der Waals surface area contributed by atoms with Crippen molar-refractivity contribution in [3.05, 3.63) is 89.2 Å². The van der Waals surface area contributed by atoms with E-state index in [1.54, 1.807) is 0 Å². The SMILES string of the molecule is O=C(O)COCCNC(=O)c1cc(F)cc(NC(=O)OCC2c3ccccc3-c3ccccc32)c1. The molecule has 3 aromatic rings. The molecule has 0 fully saturated rings. The van der Waals surface area contributed by atoms with E-state index in [0.717, 1.165) is 34.4 Å². The minimum atomic E-state index is -1.12. The van der Waals surface area contributed by atoms with Crippen molar-refractivity contribution in [3.63, 3.8) is 0 Å². The number of ether oxygens (including phenoxy) is 2. The Morgan fingerprint density at radius 1 is 0.943 bits per heavy atom. The average Bonchev–Trinajstić information content (AvgIpc) is 3.15. The standard InChI is InChI=1S/C26H23FN2O6/c27-17-11-16(25(32)28-9-10-34-15-24(30)31)12-18(13-17)29-26(33)35-14-23-21-7-3-1-5-19(21)20-6-2-4-8-22(20)23/h1-8,11-13,23H,9-10,14-15H2,(H,28,32)(H,29,33)(H,30,31). The molecule has 0 unspecified atom stereocenters. The Hall–Kier alpha value is -4.24. The van der Waals surface area contributed by atoms with Gasteiger partial charge in [0, 0.05) is 23.7 Å². The third kappa shape index (κ3) is 5.82. The minimum absolute atomic E-state index is 0.0157. The monoisotopic (exact) mass is 478 g/mol. The minimum Gasteiger partial charge on any atom is -0.480 e. The normalized spacial score (nSPS) is 11.9. The summed E-state index contributed by atoms with van der Waals surface area (Å²) in [5.74, 6) is -2.55. The lowest BCUT2D eigenvalue weighted by atomic mass is 9.98. The van der Waals surface area contributed by atoms with Gasteiger partial charge in [0.25, 0.3) is 5.91 Å². The number of nitrogens with one attached hydrogen (secondary N) is 2. The predicted octanol–water partition coefficient (Wildman–Crippen LogP) is 4.02. The first-order valence-corrected chi connectivity index (χ1v) is 10.9. The summed E-state index contributed by atoms with van der Waals surface area (Å²) in [6.45, 7) is -0.362. The number of carboxylic acids is 1. The lowest BCUT2D eigenvalue weighted by Gasteiger charge is -2.15. The number of rotatable bonds is 9. The van der Waals surface area contributed by atoms with E-state index in [9.17, 15) is 18.8 Å². The molecule has 9 heteroatoms. The Bertz CT molecular complexity index is 1220. The molecule has 0 spiro atoms. The highest BCUT2D eigenvalue weighted by atomic mass is 19.1. The number of aliphatic carboxylic acids is 1. The first kappa shape index (κ1) is 23.9. The van der Waals surface area contributed by atoms with Crippen LogP contribution in [0.2, 0.25) is 0 Å². The molecule has 0 saturated carbocycles. The van der Waals surface area contributed by atoms with Gasteiger partial charge in [-0.3, -0.25) is 10.1 Å². The first-order chi connectivity index (χ1) is 16.9. The molecule has 0 radical (unpaired) electrons. The molecule has 0 bridgehead atoms. The van der Waals surface area contributed by atoms with Crippen molar-refractivity contribution in [1.82, 2.24) is 5.32 Å². The van der Waals surface area contributed by atoms with Gasteiger partial charge in [-0.15, -0.1) is 0 Å². The van der Waals surface area contributed by atoms with Crippen LogP contribution in [0.3, 0.4) is 0 Å².